The van der Waals surface area contributed by atoms with Crippen LogP contribution < -0.4 is 4.59 Å². The van der Waals surface area contributed by atoms with Crippen molar-refractivity contribution in [1.29, 1.82) is 0 Å². The van der Waals surface area contributed by atoms with E-state index in [1.165, 1.54) is 16.3 Å². The molecule has 1 nitrogen and oxygen atoms in total. The van der Waals surface area contributed by atoms with Gasteiger partial charge in [0.1, 0.15) is 0 Å². The Balaban J connectivity index is 2.74. The molecule has 2 heteroatoms. The summed E-state index contributed by atoms with van der Waals surface area (Å²) in [5.41, 5.74) is 1.36. The normalized spacial score (nSPS) is 10.5. The Bertz CT molecular complexity index is 437. The maximum atomic E-state index is 4.23. The van der Waals surface area contributed by atoms with E-state index in [0.717, 1.165) is 11.0 Å². The van der Waals surface area contributed by atoms with Gasteiger partial charge in [-0.2, -0.15) is 0 Å². The van der Waals surface area contributed by atoms with E-state index in [9.17, 15) is 0 Å². The first-order valence-electron chi connectivity index (χ1n) is 4.36. The molecular weight excluding hydrogens is 225 g/mol. The Morgan fingerprint density at radius 1 is 1.31 bits per heavy atom. The van der Waals surface area contributed by atoms with Crippen LogP contribution >= 0.6 is 0 Å². The van der Waals surface area contributed by atoms with Crippen molar-refractivity contribution >= 4 is 31.4 Å². The monoisotopic (exact) mass is 236 g/mol. The van der Waals surface area contributed by atoms with Gasteiger partial charge in [0, 0.05) is 0 Å². The van der Waals surface area contributed by atoms with E-state index in [4.69, 9.17) is 0 Å². The first-order chi connectivity index (χ1) is 6.31. The second-order valence-electron chi connectivity index (χ2n) is 3.03. The van der Waals surface area contributed by atoms with Gasteiger partial charge in [-0.05, 0) is 0 Å². The van der Waals surface area contributed by atoms with E-state index in [1.807, 2.05) is 12.3 Å². The first-order valence-corrected chi connectivity index (χ1v) is 5.21. The number of rotatable bonds is 1. The van der Waals surface area contributed by atoms with Crippen LogP contribution in [0, 0.1) is 0 Å². The molecule has 1 radical (unpaired) electrons. The van der Waals surface area contributed by atoms with Gasteiger partial charge < -0.3 is 0 Å². The summed E-state index contributed by atoms with van der Waals surface area (Å²) in [4.78, 5) is 4.23. The molecule has 0 fully saturated rings. The van der Waals surface area contributed by atoms with Crippen molar-refractivity contribution in [3.05, 3.63) is 36.0 Å². The van der Waals surface area contributed by atoms with E-state index in [1.54, 1.807) is 0 Å². The van der Waals surface area contributed by atoms with Gasteiger partial charge in [0.2, 0.25) is 0 Å². The Morgan fingerprint density at radius 3 is 2.92 bits per heavy atom. The summed E-state index contributed by atoms with van der Waals surface area (Å²) in [7, 11) is 0. The molecule has 1 aromatic carbocycles. The number of hydrogen-bond acceptors (Lipinski definition) is 1. The van der Waals surface area contributed by atoms with Gasteiger partial charge in [-0.3, -0.25) is 0 Å². The average molecular weight is 235 g/mol. The van der Waals surface area contributed by atoms with Crippen molar-refractivity contribution in [1.82, 2.24) is 4.98 Å². The zero-order valence-electron chi connectivity index (χ0n) is 7.45. The van der Waals surface area contributed by atoms with Crippen LogP contribution in [0.1, 0.15) is 12.5 Å². The van der Waals surface area contributed by atoms with Crippen LogP contribution in [0.25, 0.3) is 10.8 Å². The topological polar surface area (TPSA) is 12.9 Å². The van der Waals surface area contributed by atoms with E-state index < -0.39 is 0 Å². The summed E-state index contributed by atoms with van der Waals surface area (Å²) in [6.45, 7) is 2.16. The third kappa shape index (κ3) is 1.60. The van der Waals surface area contributed by atoms with Gasteiger partial charge >= 0.3 is 85.7 Å². The van der Waals surface area contributed by atoms with Gasteiger partial charge in [-0.1, -0.05) is 0 Å². The van der Waals surface area contributed by atoms with Crippen LogP contribution in [0.5, 0.6) is 0 Å². The fourth-order valence-corrected chi connectivity index (χ4v) is 1.91. The molecule has 1 aromatic heterocycles. The van der Waals surface area contributed by atoms with Gasteiger partial charge in [-0.15, -0.1) is 0 Å². The van der Waals surface area contributed by atoms with E-state index >= 15 is 0 Å². The number of benzene rings is 1. The van der Waals surface area contributed by atoms with Crippen molar-refractivity contribution in [3.63, 3.8) is 0 Å². The van der Waals surface area contributed by atoms with Gasteiger partial charge in [0.05, 0.1) is 0 Å². The van der Waals surface area contributed by atoms with E-state index in [2.05, 4.69) is 46.1 Å². The molecule has 65 valence electrons. The summed E-state index contributed by atoms with van der Waals surface area (Å²) >= 11 is 2.99. The average Bonchev–Trinajstić information content (AvgIpc) is 2.18. The summed E-state index contributed by atoms with van der Waals surface area (Å²) < 4.78 is 0.993. The molecule has 0 unspecified atom stereocenters. The van der Waals surface area contributed by atoms with Gasteiger partial charge in [0.25, 0.3) is 0 Å². The fourth-order valence-electron chi connectivity index (χ4n) is 1.41. The Morgan fingerprint density at radius 2 is 2.15 bits per heavy atom. The van der Waals surface area contributed by atoms with Crippen molar-refractivity contribution in [3.8, 4) is 0 Å². The molecule has 1 heterocycles. The quantitative estimate of drug-likeness (QED) is 0.684. The Labute approximate surface area is 86.0 Å². The van der Waals surface area contributed by atoms with Crippen LogP contribution in [0.4, 0.5) is 0 Å². The van der Waals surface area contributed by atoms with Crippen LogP contribution in [-0.4, -0.2) is 21.0 Å². The number of hydrogen-bond donors (Lipinski definition) is 0. The molecule has 0 spiro atoms. The summed E-state index contributed by atoms with van der Waals surface area (Å²) in [5, 5.41) is 2.47. The third-order valence-electron chi connectivity index (χ3n) is 2.20. The van der Waals surface area contributed by atoms with Crippen LogP contribution in [0.3, 0.4) is 0 Å². The molecule has 0 bridgehead atoms. The number of pyridine rings is 1. The van der Waals surface area contributed by atoms with E-state index in [0.29, 0.717) is 0 Å². The van der Waals surface area contributed by atoms with Crippen LogP contribution in [0.15, 0.2) is 30.5 Å². The number of aromatic nitrogens is 1. The molecule has 0 aliphatic carbocycles. The molecule has 0 saturated carbocycles. The molecule has 0 aliphatic rings. The van der Waals surface area contributed by atoms with Gasteiger partial charge in [0.15, 0.2) is 0 Å². The van der Waals surface area contributed by atoms with Crippen molar-refractivity contribution < 1.29 is 0 Å². The molecule has 0 N–H and O–H groups in total. The SMILES string of the molecule is CCc1ccc2ccnc([Se])c2c1. The molecule has 0 aliphatic heterocycles. The standard InChI is InChI=1S/C11H10NSe/c1-2-8-3-4-9-5-6-12-11(13)10(9)7-8/h3-7H,2H2,1H3. The predicted molar refractivity (Wildman–Crippen MR) is 56.5 cm³/mol. The second kappa shape index (κ2) is 3.49. The summed E-state index contributed by atoms with van der Waals surface area (Å²) in [5.74, 6) is 0. The Kier molecular flexibility index (Phi) is 2.34. The second-order valence-corrected chi connectivity index (χ2v) is 3.84. The minimum atomic E-state index is 0.993. The zero-order valence-corrected chi connectivity index (χ0v) is 9.16. The molecule has 13 heavy (non-hydrogen) atoms. The molecule has 0 atom stereocenters. The first kappa shape index (κ1) is 8.73. The molecule has 0 saturated heterocycles. The fraction of sp³-hybridized carbons (Fsp3) is 0.182. The molecule has 2 aromatic rings. The third-order valence-corrected chi connectivity index (χ3v) is 2.88. The predicted octanol–water partition coefficient (Wildman–Crippen LogP) is 1.59. The summed E-state index contributed by atoms with van der Waals surface area (Å²) in [6, 6.07) is 8.56. The maximum absolute atomic E-state index is 4.23. The van der Waals surface area contributed by atoms with Crippen molar-refractivity contribution in [2.24, 2.45) is 0 Å². The number of fused-ring (bicyclic) bond motifs is 1. The zero-order chi connectivity index (χ0) is 9.26. The molecule has 0 amide bonds. The van der Waals surface area contributed by atoms with Gasteiger partial charge in [-0.25, -0.2) is 0 Å². The minimum absolute atomic E-state index is 0.993. The molecular formula is C11H10NSe. The summed E-state index contributed by atoms with van der Waals surface area (Å²) in [6.07, 6.45) is 2.91. The number of nitrogens with zero attached hydrogens (tertiary/aromatic N) is 1. The molecule has 2 rings (SSSR count). The number of aryl methyl sites for hydroxylation is 1. The van der Waals surface area contributed by atoms with E-state index in [-0.39, 0.29) is 0 Å². The van der Waals surface area contributed by atoms with Crippen molar-refractivity contribution in [2.45, 2.75) is 13.3 Å². The Hall–Kier alpha value is -0.851. The van der Waals surface area contributed by atoms with Crippen molar-refractivity contribution in [2.75, 3.05) is 0 Å². The van der Waals surface area contributed by atoms with Crippen LogP contribution in [0.2, 0.25) is 0 Å². The van der Waals surface area contributed by atoms with Crippen LogP contribution in [-0.2, 0) is 6.42 Å².